The van der Waals surface area contributed by atoms with Crippen molar-refractivity contribution in [1.82, 2.24) is 15.5 Å². The van der Waals surface area contributed by atoms with Gasteiger partial charge in [-0.15, -0.1) is 0 Å². The van der Waals surface area contributed by atoms with Crippen LogP contribution in [0.15, 0.2) is 91.0 Å². The molecule has 0 heterocycles. The van der Waals surface area contributed by atoms with Gasteiger partial charge in [0, 0.05) is 24.9 Å². The molecule has 8 heteroatoms. The second-order valence-corrected chi connectivity index (χ2v) is 10.8. The lowest BCUT2D eigenvalue weighted by Gasteiger charge is -2.27. The lowest BCUT2D eigenvalue weighted by molar-refractivity contribution is -0.143. The molecule has 8 nitrogen and oxygen atoms in total. The first kappa shape index (κ1) is 28.1. The number of benzene rings is 3. The Kier molecular flexibility index (Phi) is 8.79. The number of likely N-dealkylation sites (N-methyl/N-ethyl adjacent to an activating group) is 1. The minimum absolute atomic E-state index is 0.0402. The predicted octanol–water partition coefficient (Wildman–Crippen LogP) is 4.56. The normalized spacial score (nSPS) is 18.3. The monoisotopic (exact) mass is 553 g/mol. The molecule has 41 heavy (non-hydrogen) atoms. The van der Waals surface area contributed by atoms with E-state index in [1.165, 1.54) is 0 Å². The third-order valence-corrected chi connectivity index (χ3v) is 7.75. The average Bonchev–Trinajstić information content (AvgIpc) is 3.30. The Labute approximate surface area is 240 Å². The highest BCUT2D eigenvalue weighted by Crippen LogP contribution is 2.44. The quantitative estimate of drug-likeness (QED) is 0.318. The lowest BCUT2D eigenvalue weighted by Crippen LogP contribution is -2.50. The molecule has 0 radical (unpaired) electrons. The van der Waals surface area contributed by atoms with Gasteiger partial charge in [-0.1, -0.05) is 91.0 Å². The van der Waals surface area contributed by atoms with E-state index in [0.29, 0.717) is 19.4 Å². The van der Waals surface area contributed by atoms with Gasteiger partial charge in [-0.2, -0.15) is 0 Å². The maximum Gasteiger partial charge on any atom is 0.407 e. The van der Waals surface area contributed by atoms with Crippen molar-refractivity contribution in [3.63, 3.8) is 0 Å². The molecule has 2 aliphatic carbocycles. The molecular formula is C33H35N3O5. The van der Waals surface area contributed by atoms with Crippen LogP contribution in [0.1, 0.15) is 35.4 Å². The molecule has 3 N–H and O–H groups in total. The highest BCUT2D eigenvalue weighted by atomic mass is 16.5. The highest BCUT2D eigenvalue weighted by molar-refractivity contribution is 5.85. The van der Waals surface area contributed by atoms with Crippen molar-refractivity contribution in [2.24, 2.45) is 5.92 Å². The molecule has 212 valence electrons. The minimum Gasteiger partial charge on any atom is -0.480 e. The van der Waals surface area contributed by atoms with Crippen LogP contribution in [0.4, 0.5) is 4.79 Å². The van der Waals surface area contributed by atoms with Crippen LogP contribution in [0.3, 0.4) is 0 Å². The van der Waals surface area contributed by atoms with Gasteiger partial charge in [-0.3, -0.25) is 9.69 Å². The van der Waals surface area contributed by atoms with Crippen LogP contribution >= 0.6 is 0 Å². The molecule has 0 saturated heterocycles. The van der Waals surface area contributed by atoms with Crippen LogP contribution in [0.2, 0.25) is 0 Å². The fourth-order valence-electron chi connectivity index (χ4n) is 5.75. The molecule has 3 aromatic carbocycles. The summed E-state index contributed by atoms with van der Waals surface area (Å²) in [4.78, 5) is 39.6. The SMILES string of the molecule is CN(Cc1ccccc1)CC(NC(=O)C1CC=CC(NC(=O)OCC2c3ccccc3-c3ccccc32)C1)C(=O)O. The number of hydrogen-bond acceptors (Lipinski definition) is 5. The lowest BCUT2D eigenvalue weighted by atomic mass is 9.90. The summed E-state index contributed by atoms with van der Waals surface area (Å²) in [6.45, 7) is 0.940. The van der Waals surface area contributed by atoms with Gasteiger partial charge in [0.15, 0.2) is 0 Å². The topological polar surface area (TPSA) is 108 Å². The zero-order valence-electron chi connectivity index (χ0n) is 23.0. The van der Waals surface area contributed by atoms with Crippen LogP contribution in [-0.4, -0.2) is 60.3 Å². The van der Waals surface area contributed by atoms with Crippen molar-refractivity contribution in [3.8, 4) is 11.1 Å². The Morgan fingerprint density at radius 2 is 1.59 bits per heavy atom. The molecule has 0 saturated carbocycles. The van der Waals surface area contributed by atoms with Crippen molar-refractivity contribution in [2.75, 3.05) is 20.2 Å². The van der Waals surface area contributed by atoms with E-state index < -0.39 is 24.0 Å². The highest BCUT2D eigenvalue weighted by Gasteiger charge is 2.31. The number of alkyl carbamates (subject to hydrolysis) is 1. The molecule has 0 bridgehead atoms. The second kappa shape index (κ2) is 12.8. The molecule has 0 spiro atoms. The molecule has 3 aromatic rings. The van der Waals surface area contributed by atoms with Gasteiger partial charge in [-0.25, -0.2) is 9.59 Å². The van der Waals surface area contributed by atoms with Crippen molar-refractivity contribution in [2.45, 2.75) is 37.4 Å². The number of nitrogens with zero attached hydrogens (tertiary/aromatic N) is 1. The van der Waals surface area contributed by atoms with E-state index in [9.17, 15) is 19.5 Å². The predicted molar refractivity (Wildman–Crippen MR) is 156 cm³/mol. The number of amides is 2. The number of ether oxygens (including phenoxy) is 1. The van der Waals surface area contributed by atoms with Crippen molar-refractivity contribution < 1.29 is 24.2 Å². The molecule has 3 atom stereocenters. The van der Waals surface area contributed by atoms with Gasteiger partial charge >= 0.3 is 12.1 Å². The van der Waals surface area contributed by atoms with Gasteiger partial charge in [0.2, 0.25) is 5.91 Å². The molecule has 0 aromatic heterocycles. The van der Waals surface area contributed by atoms with Gasteiger partial charge in [0.05, 0.1) is 6.04 Å². The molecule has 2 aliphatic rings. The number of aliphatic carboxylic acids is 1. The first-order chi connectivity index (χ1) is 19.9. The smallest absolute Gasteiger partial charge is 0.407 e. The van der Waals surface area contributed by atoms with E-state index in [2.05, 4.69) is 34.9 Å². The Morgan fingerprint density at radius 3 is 2.24 bits per heavy atom. The van der Waals surface area contributed by atoms with Gasteiger partial charge < -0.3 is 20.5 Å². The number of carbonyl (C=O) groups is 3. The number of carboxylic acid groups (broad SMARTS) is 1. The van der Waals surface area contributed by atoms with Crippen LogP contribution in [-0.2, 0) is 20.9 Å². The summed E-state index contributed by atoms with van der Waals surface area (Å²) in [6.07, 6.45) is 3.99. The van der Waals surface area contributed by atoms with Crippen LogP contribution in [0.25, 0.3) is 11.1 Å². The van der Waals surface area contributed by atoms with E-state index in [0.717, 1.165) is 27.8 Å². The first-order valence-corrected chi connectivity index (χ1v) is 13.9. The number of carboxylic acids is 1. The molecule has 0 aliphatic heterocycles. The van der Waals surface area contributed by atoms with Crippen LogP contribution < -0.4 is 10.6 Å². The average molecular weight is 554 g/mol. The summed E-state index contributed by atoms with van der Waals surface area (Å²) >= 11 is 0. The number of fused-ring (bicyclic) bond motifs is 3. The Balaban J connectivity index is 1.12. The minimum atomic E-state index is -1.09. The molecule has 3 unspecified atom stereocenters. The third-order valence-electron chi connectivity index (χ3n) is 7.75. The Hall–Kier alpha value is -4.43. The largest absolute Gasteiger partial charge is 0.480 e. The Morgan fingerprint density at radius 1 is 0.951 bits per heavy atom. The second-order valence-electron chi connectivity index (χ2n) is 10.8. The number of rotatable bonds is 10. The zero-order chi connectivity index (χ0) is 28.8. The van der Waals surface area contributed by atoms with Crippen molar-refractivity contribution in [3.05, 3.63) is 108 Å². The maximum atomic E-state index is 13.0. The van der Waals surface area contributed by atoms with E-state index >= 15 is 0 Å². The third kappa shape index (κ3) is 6.84. The number of hydrogen-bond donors (Lipinski definition) is 3. The van der Waals surface area contributed by atoms with Gasteiger partial charge in [0.25, 0.3) is 0 Å². The summed E-state index contributed by atoms with van der Waals surface area (Å²) in [5.41, 5.74) is 5.65. The van der Waals surface area contributed by atoms with Gasteiger partial charge in [0.1, 0.15) is 12.6 Å². The fraction of sp³-hybridized carbons (Fsp3) is 0.303. The van der Waals surface area contributed by atoms with Crippen molar-refractivity contribution in [1.29, 1.82) is 0 Å². The molecule has 5 rings (SSSR count). The molecule has 2 amide bonds. The summed E-state index contributed by atoms with van der Waals surface area (Å²) in [5, 5.41) is 15.3. The summed E-state index contributed by atoms with van der Waals surface area (Å²) in [6, 6.07) is 24.6. The maximum absolute atomic E-state index is 13.0. The molecule has 0 fully saturated rings. The number of allylic oxidation sites excluding steroid dienone is 1. The zero-order valence-corrected chi connectivity index (χ0v) is 23.0. The number of carbonyl (C=O) groups excluding carboxylic acids is 2. The van der Waals surface area contributed by atoms with Crippen LogP contribution in [0.5, 0.6) is 0 Å². The van der Waals surface area contributed by atoms with E-state index in [-0.39, 0.29) is 31.0 Å². The fourth-order valence-corrected chi connectivity index (χ4v) is 5.75. The van der Waals surface area contributed by atoms with E-state index in [1.54, 1.807) is 0 Å². The van der Waals surface area contributed by atoms with Crippen molar-refractivity contribution >= 4 is 18.0 Å². The van der Waals surface area contributed by atoms with Gasteiger partial charge in [-0.05, 0) is 47.7 Å². The summed E-state index contributed by atoms with van der Waals surface area (Å²) in [7, 11) is 1.83. The van der Waals surface area contributed by atoms with E-state index in [4.69, 9.17) is 4.74 Å². The summed E-state index contributed by atoms with van der Waals surface area (Å²) < 4.78 is 5.66. The Bertz CT molecular complexity index is 1380. The standard InChI is InChI=1S/C33H35N3O5/c1-36(19-22-10-3-2-4-11-22)20-30(32(38)39)35-31(37)23-12-9-13-24(18-23)34-33(40)41-21-29-27-16-7-5-14-25(27)26-15-6-8-17-28(26)29/h2-11,13-17,23-24,29-30H,12,18-21H2,1H3,(H,34,40)(H,35,37)(H,38,39). The number of nitrogens with one attached hydrogen (secondary N) is 2. The van der Waals surface area contributed by atoms with E-state index in [1.807, 2.05) is 78.7 Å². The first-order valence-electron chi connectivity index (χ1n) is 13.9. The van der Waals surface area contributed by atoms with Crippen LogP contribution in [0, 0.1) is 5.92 Å². The summed E-state index contributed by atoms with van der Waals surface area (Å²) in [5.74, 6) is -1.92. The molecular weight excluding hydrogens is 518 g/mol.